The minimum absolute atomic E-state index is 0.0717. The quantitative estimate of drug-likeness (QED) is 0.390. The minimum Gasteiger partial charge on any atom is -0.458 e. The second-order valence-corrected chi connectivity index (χ2v) is 11.2. The maximum atomic E-state index is 13.5. The molecule has 0 spiro atoms. The average Bonchev–Trinajstić information content (AvgIpc) is 2.98. The number of allylic oxidation sites excluding steroid dienone is 6. The van der Waals surface area contributed by atoms with Crippen molar-refractivity contribution in [1.82, 2.24) is 0 Å². The van der Waals surface area contributed by atoms with Crippen LogP contribution in [0.25, 0.3) is 0 Å². The van der Waals surface area contributed by atoms with Crippen LogP contribution in [-0.4, -0.2) is 24.1 Å². The Kier molecular flexibility index (Phi) is 5.88. The molecule has 2 saturated carbocycles. The molecule has 0 N–H and O–H groups in total. The molecule has 0 radical (unpaired) electrons. The minimum atomic E-state index is -0.514. The summed E-state index contributed by atoms with van der Waals surface area (Å²) in [6, 6.07) is 0. The highest BCUT2D eigenvalue weighted by Crippen LogP contribution is 2.69. The van der Waals surface area contributed by atoms with Crippen LogP contribution in [0.1, 0.15) is 79.6 Å². The van der Waals surface area contributed by atoms with Gasteiger partial charge in [0.1, 0.15) is 0 Å². The molecule has 0 bridgehead atoms. The molecule has 32 heavy (non-hydrogen) atoms. The van der Waals surface area contributed by atoms with Gasteiger partial charge in [0.15, 0.2) is 18.2 Å². The molecular formula is C28H38O4. The summed E-state index contributed by atoms with van der Waals surface area (Å²) >= 11 is 0. The van der Waals surface area contributed by atoms with Gasteiger partial charge in [-0.25, -0.2) is 0 Å². The summed E-state index contributed by atoms with van der Waals surface area (Å²) in [4.78, 5) is 37.5. The van der Waals surface area contributed by atoms with Crippen molar-refractivity contribution in [2.45, 2.75) is 79.6 Å². The third-order valence-corrected chi connectivity index (χ3v) is 9.80. The third-order valence-electron chi connectivity index (χ3n) is 9.80. The standard InChI is InChI=1S/C28H38O4/c1-6-7-8-25(31)32-17-24(30)28(5)18(2)15-23-21-10-9-19-16-20(29)11-13-26(19,3)22(21)12-14-27(23,28)4/h11-13,16,18,21,23H,6-10,14-15,17H2,1-5H3/t18-,21?,23?,26-,27-,28+/m0/s1. The van der Waals surface area contributed by atoms with Gasteiger partial charge in [0.25, 0.3) is 0 Å². The second kappa shape index (κ2) is 8.11. The maximum Gasteiger partial charge on any atom is 0.306 e. The van der Waals surface area contributed by atoms with Gasteiger partial charge in [-0.2, -0.15) is 0 Å². The first-order chi connectivity index (χ1) is 15.1. The molecule has 4 aliphatic rings. The largest absolute Gasteiger partial charge is 0.458 e. The van der Waals surface area contributed by atoms with Gasteiger partial charge in [-0.15, -0.1) is 0 Å². The van der Waals surface area contributed by atoms with Gasteiger partial charge in [-0.3, -0.25) is 14.4 Å². The topological polar surface area (TPSA) is 60.4 Å². The molecule has 174 valence electrons. The Morgan fingerprint density at radius 2 is 1.97 bits per heavy atom. The van der Waals surface area contributed by atoms with Crippen LogP contribution in [0.3, 0.4) is 0 Å². The molecule has 4 aliphatic carbocycles. The number of fused-ring (bicyclic) bond motifs is 5. The lowest BCUT2D eigenvalue weighted by Crippen LogP contribution is -2.51. The number of hydrogen-bond donors (Lipinski definition) is 0. The van der Waals surface area contributed by atoms with Gasteiger partial charge >= 0.3 is 5.97 Å². The van der Waals surface area contributed by atoms with Gasteiger partial charge in [-0.05, 0) is 74.3 Å². The molecule has 0 saturated heterocycles. The van der Waals surface area contributed by atoms with E-state index in [1.165, 1.54) is 11.1 Å². The highest BCUT2D eigenvalue weighted by Gasteiger charge is 2.65. The first-order valence-electron chi connectivity index (χ1n) is 12.4. The van der Waals surface area contributed by atoms with Gasteiger partial charge in [-0.1, -0.05) is 57.4 Å². The molecule has 0 aromatic carbocycles. The lowest BCUT2D eigenvalue weighted by Gasteiger charge is -2.54. The van der Waals surface area contributed by atoms with Crippen molar-refractivity contribution < 1.29 is 19.1 Å². The number of esters is 1. The van der Waals surface area contributed by atoms with Crippen LogP contribution in [-0.2, 0) is 19.1 Å². The van der Waals surface area contributed by atoms with E-state index >= 15 is 0 Å². The molecular weight excluding hydrogens is 400 g/mol. The average molecular weight is 439 g/mol. The summed E-state index contributed by atoms with van der Waals surface area (Å²) in [5.41, 5.74) is 1.84. The Balaban J connectivity index is 1.60. The molecule has 0 aliphatic heterocycles. The third kappa shape index (κ3) is 3.28. The van der Waals surface area contributed by atoms with Gasteiger partial charge in [0.2, 0.25) is 0 Å². The normalized spacial score (nSPS) is 40.0. The summed E-state index contributed by atoms with van der Waals surface area (Å²) < 4.78 is 5.41. The highest BCUT2D eigenvalue weighted by molar-refractivity contribution is 6.01. The molecule has 0 amide bonds. The number of Topliss-reactive ketones (excluding diaryl/α,β-unsaturated/α-hetero) is 1. The van der Waals surface area contributed by atoms with Gasteiger partial charge in [0, 0.05) is 17.3 Å². The van der Waals surface area contributed by atoms with Crippen LogP contribution in [0.4, 0.5) is 0 Å². The Morgan fingerprint density at radius 1 is 1.22 bits per heavy atom. The molecule has 6 atom stereocenters. The van der Waals surface area contributed by atoms with Crippen molar-refractivity contribution in [2.24, 2.45) is 34.0 Å². The van der Waals surface area contributed by atoms with E-state index in [1.807, 2.05) is 13.0 Å². The molecule has 4 nitrogen and oxygen atoms in total. The van der Waals surface area contributed by atoms with E-state index < -0.39 is 5.41 Å². The van der Waals surface area contributed by atoms with Crippen molar-refractivity contribution in [3.8, 4) is 0 Å². The molecule has 0 aromatic heterocycles. The number of carbonyl (C=O) groups is 3. The van der Waals surface area contributed by atoms with Crippen LogP contribution < -0.4 is 0 Å². The predicted molar refractivity (Wildman–Crippen MR) is 125 cm³/mol. The lowest BCUT2D eigenvalue weighted by atomic mass is 9.49. The Morgan fingerprint density at radius 3 is 2.69 bits per heavy atom. The first-order valence-corrected chi connectivity index (χ1v) is 12.4. The van der Waals surface area contributed by atoms with E-state index in [0.29, 0.717) is 18.3 Å². The summed E-state index contributed by atoms with van der Waals surface area (Å²) in [6.45, 7) is 10.8. The van der Waals surface area contributed by atoms with E-state index in [-0.39, 0.29) is 40.9 Å². The van der Waals surface area contributed by atoms with Crippen molar-refractivity contribution in [2.75, 3.05) is 6.61 Å². The smallest absolute Gasteiger partial charge is 0.306 e. The van der Waals surface area contributed by atoms with E-state index in [0.717, 1.165) is 38.5 Å². The molecule has 4 rings (SSSR count). The fraction of sp³-hybridized carbons (Fsp3) is 0.679. The lowest BCUT2D eigenvalue weighted by molar-refractivity contribution is -0.155. The molecule has 0 heterocycles. The first kappa shape index (κ1) is 23.2. The predicted octanol–water partition coefficient (Wildman–Crippen LogP) is 5.77. The SMILES string of the molecule is CCCCC(=O)OCC(=O)[C@@]1(C)[C@@H](C)CC2C3CCC4=CC(=O)C=C[C@]4(C)C3=CC[C@@]21C. The maximum absolute atomic E-state index is 13.5. The summed E-state index contributed by atoms with van der Waals surface area (Å²) in [7, 11) is 0. The molecule has 4 heteroatoms. The highest BCUT2D eigenvalue weighted by atomic mass is 16.5. The van der Waals surface area contributed by atoms with Crippen LogP contribution in [0, 0.1) is 34.0 Å². The number of ketones is 2. The summed E-state index contributed by atoms with van der Waals surface area (Å²) in [6.07, 6.45) is 14.0. The number of carbonyl (C=O) groups excluding carboxylic acids is 3. The monoisotopic (exact) mass is 438 g/mol. The van der Waals surface area contributed by atoms with E-state index in [1.54, 1.807) is 6.08 Å². The van der Waals surface area contributed by atoms with Gasteiger partial charge < -0.3 is 4.74 Å². The fourth-order valence-corrected chi connectivity index (χ4v) is 7.37. The van der Waals surface area contributed by atoms with E-state index in [9.17, 15) is 14.4 Å². The van der Waals surface area contributed by atoms with Gasteiger partial charge in [0.05, 0.1) is 0 Å². The number of rotatable bonds is 6. The molecule has 2 fully saturated rings. The molecule has 2 unspecified atom stereocenters. The van der Waals surface area contributed by atoms with Crippen LogP contribution in [0.2, 0.25) is 0 Å². The van der Waals surface area contributed by atoms with Crippen molar-refractivity contribution in [1.29, 1.82) is 0 Å². The van der Waals surface area contributed by atoms with E-state index in [2.05, 4.69) is 39.8 Å². The zero-order valence-corrected chi connectivity index (χ0v) is 20.3. The summed E-state index contributed by atoms with van der Waals surface area (Å²) in [5.74, 6) is 0.991. The number of unbranched alkanes of at least 4 members (excludes halogenated alkanes) is 1. The van der Waals surface area contributed by atoms with Crippen molar-refractivity contribution in [3.63, 3.8) is 0 Å². The number of hydrogen-bond acceptors (Lipinski definition) is 4. The van der Waals surface area contributed by atoms with E-state index in [4.69, 9.17) is 4.74 Å². The van der Waals surface area contributed by atoms with Crippen molar-refractivity contribution >= 4 is 17.5 Å². The Bertz CT molecular complexity index is 924. The fourth-order valence-electron chi connectivity index (χ4n) is 7.37. The second-order valence-electron chi connectivity index (χ2n) is 11.2. The molecule has 0 aromatic rings. The zero-order chi connectivity index (χ0) is 23.3. The van der Waals surface area contributed by atoms with Crippen LogP contribution in [0.15, 0.2) is 35.5 Å². The Hall–Kier alpha value is -1.97. The van der Waals surface area contributed by atoms with Crippen LogP contribution >= 0.6 is 0 Å². The zero-order valence-electron chi connectivity index (χ0n) is 20.3. The number of ether oxygens (including phenoxy) is 1. The Labute approximate surface area is 192 Å². The van der Waals surface area contributed by atoms with Crippen LogP contribution in [0.5, 0.6) is 0 Å². The summed E-state index contributed by atoms with van der Waals surface area (Å²) in [5, 5.41) is 0. The van der Waals surface area contributed by atoms with Crippen molar-refractivity contribution in [3.05, 3.63) is 35.5 Å².